The van der Waals surface area contributed by atoms with Gasteiger partial charge >= 0.3 is 5.97 Å². The van der Waals surface area contributed by atoms with Gasteiger partial charge in [0.15, 0.2) is 6.61 Å². The van der Waals surface area contributed by atoms with E-state index < -0.39 is 5.97 Å². The smallest absolute Gasteiger partial charge is 0.344 e. The summed E-state index contributed by atoms with van der Waals surface area (Å²) in [5.41, 5.74) is 1.22. The molecule has 2 aromatic carbocycles. The van der Waals surface area contributed by atoms with E-state index in [9.17, 15) is 9.59 Å². The highest BCUT2D eigenvalue weighted by atomic mass is 79.9. The summed E-state index contributed by atoms with van der Waals surface area (Å²) >= 11 is 10.4. The molecule has 0 atom stereocenters. The second-order valence-corrected chi connectivity index (χ2v) is 10.9. The van der Waals surface area contributed by atoms with Crippen LogP contribution in [-0.2, 0) is 9.53 Å². The number of esters is 1. The molecule has 1 aliphatic rings. The maximum absolute atomic E-state index is 13.5. The van der Waals surface area contributed by atoms with Gasteiger partial charge in [0, 0.05) is 10.4 Å². The molecule has 1 heterocycles. The van der Waals surface area contributed by atoms with Crippen LogP contribution in [0.25, 0.3) is 10.9 Å². The van der Waals surface area contributed by atoms with E-state index in [1.54, 1.807) is 19.2 Å². The van der Waals surface area contributed by atoms with Crippen LogP contribution in [0.2, 0.25) is 0 Å². The molecule has 0 aliphatic heterocycles. The van der Waals surface area contributed by atoms with Gasteiger partial charge in [-0.2, -0.15) is 9.78 Å². The molecule has 0 spiro atoms. The zero-order valence-corrected chi connectivity index (χ0v) is 23.9. The molecule has 35 heavy (non-hydrogen) atoms. The van der Waals surface area contributed by atoms with Crippen molar-refractivity contribution < 1.29 is 14.3 Å². The molecule has 0 unspecified atom stereocenters. The monoisotopic (exact) mass is 667 g/mol. The number of carbonyl (C=O) groups excluding carboxylic acids is 1. The Labute approximate surface area is 228 Å². The SMILES string of the molecule is CCOC(=O)COc1c(Br)cc(C=Nn2c(C3CCCCC3)nc3ccc(Br)cc3c2=O)cc1Br. The molecular formula is C25H24Br3N3O4. The lowest BCUT2D eigenvalue weighted by Gasteiger charge is -2.22. The van der Waals surface area contributed by atoms with Crippen molar-refractivity contribution in [2.24, 2.45) is 5.10 Å². The van der Waals surface area contributed by atoms with Crippen molar-refractivity contribution in [2.45, 2.75) is 44.9 Å². The zero-order valence-electron chi connectivity index (χ0n) is 19.1. The number of ether oxygens (including phenoxy) is 2. The van der Waals surface area contributed by atoms with Crippen LogP contribution in [0.4, 0.5) is 0 Å². The van der Waals surface area contributed by atoms with Gasteiger partial charge in [0.1, 0.15) is 11.6 Å². The minimum atomic E-state index is -0.443. The van der Waals surface area contributed by atoms with Crippen LogP contribution in [0.5, 0.6) is 5.75 Å². The fourth-order valence-corrected chi connectivity index (χ4v) is 5.96. The van der Waals surface area contributed by atoms with Crippen LogP contribution < -0.4 is 10.3 Å². The van der Waals surface area contributed by atoms with E-state index in [-0.39, 0.29) is 18.1 Å². The summed E-state index contributed by atoms with van der Waals surface area (Å²) in [6, 6.07) is 9.17. The molecule has 0 amide bonds. The minimum Gasteiger partial charge on any atom is -0.480 e. The van der Waals surface area contributed by atoms with Gasteiger partial charge < -0.3 is 9.47 Å². The third-order valence-corrected chi connectivity index (χ3v) is 7.46. The Morgan fingerprint density at radius 3 is 2.54 bits per heavy atom. The Kier molecular flexibility index (Phi) is 8.77. The van der Waals surface area contributed by atoms with Crippen molar-refractivity contribution in [3.05, 3.63) is 65.5 Å². The van der Waals surface area contributed by atoms with Crippen LogP contribution in [0.1, 0.15) is 56.3 Å². The summed E-state index contributed by atoms with van der Waals surface area (Å²) in [6.45, 7) is 1.84. The van der Waals surface area contributed by atoms with E-state index in [1.165, 1.54) is 11.1 Å². The van der Waals surface area contributed by atoms with Gasteiger partial charge in [0.25, 0.3) is 5.56 Å². The summed E-state index contributed by atoms with van der Waals surface area (Å²) in [7, 11) is 0. The number of fused-ring (bicyclic) bond motifs is 1. The fourth-order valence-electron chi connectivity index (χ4n) is 4.15. The molecule has 1 aromatic heterocycles. The van der Waals surface area contributed by atoms with Crippen molar-refractivity contribution in [1.82, 2.24) is 9.66 Å². The van der Waals surface area contributed by atoms with Crippen molar-refractivity contribution >= 4 is 70.9 Å². The first-order valence-corrected chi connectivity index (χ1v) is 13.8. The van der Waals surface area contributed by atoms with E-state index >= 15 is 0 Å². The number of hydrogen-bond donors (Lipinski definition) is 0. The van der Waals surface area contributed by atoms with Gasteiger partial charge in [-0.1, -0.05) is 35.2 Å². The van der Waals surface area contributed by atoms with E-state index in [1.807, 2.05) is 24.3 Å². The number of benzene rings is 2. The molecule has 1 saturated carbocycles. The standard InChI is InChI=1S/C25H24Br3N3O4/c1-2-34-22(32)14-35-23-19(27)10-15(11-20(23)28)13-29-31-24(16-6-4-3-5-7-16)30-21-9-8-17(26)12-18(21)25(31)33/h8-13,16H,2-7,14H2,1H3. The molecule has 7 nitrogen and oxygen atoms in total. The van der Waals surface area contributed by atoms with E-state index in [2.05, 4.69) is 52.9 Å². The lowest BCUT2D eigenvalue weighted by molar-refractivity contribution is -0.145. The van der Waals surface area contributed by atoms with Gasteiger partial charge in [-0.05, 0) is 87.5 Å². The third-order valence-electron chi connectivity index (χ3n) is 5.79. The lowest BCUT2D eigenvalue weighted by atomic mass is 9.88. The second-order valence-electron chi connectivity index (χ2n) is 8.24. The molecule has 0 saturated heterocycles. The van der Waals surface area contributed by atoms with Gasteiger partial charge in [-0.15, -0.1) is 0 Å². The molecule has 1 fully saturated rings. The maximum Gasteiger partial charge on any atom is 0.344 e. The molecule has 4 rings (SSSR count). The van der Waals surface area contributed by atoms with Crippen LogP contribution in [-0.4, -0.2) is 35.1 Å². The predicted octanol–water partition coefficient (Wildman–Crippen LogP) is 6.56. The summed E-state index contributed by atoms with van der Waals surface area (Å²) in [5, 5.41) is 5.10. The van der Waals surface area contributed by atoms with Crippen LogP contribution in [0.3, 0.4) is 0 Å². The number of hydrogen-bond acceptors (Lipinski definition) is 6. The van der Waals surface area contributed by atoms with Gasteiger partial charge in [0.05, 0.1) is 32.7 Å². The van der Waals surface area contributed by atoms with E-state index in [4.69, 9.17) is 14.5 Å². The number of rotatable bonds is 7. The summed E-state index contributed by atoms with van der Waals surface area (Å²) in [4.78, 5) is 30.0. The van der Waals surface area contributed by atoms with Gasteiger partial charge in [0.2, 0.25) is 0 Å². The number of nitrogens with zero attached hydrogens (tertiary/aromatic N) is 3. The Morgan fingerprint density at radius 2 is 1.86 bits per heavy atom. The minimum absolute atomic E-state index is 0.193. The number of carbonyl (C=O) groups is 1. The Balaban J connectivity index is 1.69. The van der Waals surface area contributed by atoms with Crippen LogP contribution >= 0.6 is 47.8 Å². The molecule has 0 bridgehead atoms. The molecule has 0 N–H and O–H groups in total. The number of halogens is 3. The molecule has 1 aliphatic carbocycles. The Hall–Kier alpha value is -2.04. The first-order chi connectivity index (χ1) is 16.9. The Morgan fingerprint density at radius 1 is 1.14 bits per heavy atom. The summed E-state index contributed by atoms with van der Waals surface area (Å²) in [5.74, 6) is 0.932. The van der Waals surface area contributed by atoms with Gasteiger partial charge in [-0.3, -0.25) is 4.79 Å². The molecular weight excluding hydrogens is 646 g/mol. The van der Waals surface area contributed by atoms with Crippen molar-refractivity contribution in [3.63, 3.8) is 0 Å². The lowest BCUT2D eigenvalue weighted by Crippen LogP contribution is -2.25. The van der Waals surface area contributed by atoms with Crippen molar-refractivity contribution in [2.75, 3.05) is 13.2 Å². The van der Waals surface area contributed by atoms with Crippen LogP contribution in [0.15, 0.2) is 53.6 Å². The normalized spacial score (nSPS) is 14.5. The van der Waals surface area contributed by atoms with E-state index in [0.29, 0.717) is 38.0 Å². The first-order valence-electron chi connectivity index (χ1n) is 11.4. The summed E-state index contributed by atoms with van der Waals surface area (Å²) in [6.07, 6.45) is 7.06. The van der Waals surface area contributed by atoms with Crippen LogP contribution in [0, 0.1) is 0 Å². The fraction of sp³-hybridized carbons (Fsp3) is 0.360. The molecule has 0 radical (unpaired) electrons. The molecule has 184 valence electrons. The zero-order chi connectivity index (χ0) is 24.9. The third kappa shape index (κ3) is 6.21. The van der Waals surface area contributed by atoms with E-state index in [0.717, 1.165) is 35.7 Å². The molecule has 10 heteroatoms. The maximum atomic E-state index is 13.5. The number of aromatic nitrogens is 2. The topological polar surface area (TPSA) is 82.8 Å². The predicted molar refractivity (Wildman–Crippen MR) is 146 cm³/mol. The quantitative estimate of drug-likeness (QED) is 0.210. The van der Waals surface area contributed by atoms with Crippen molar-refractivity contribution in [1.29, 1.82) is 0 Å². The highest BCUT2D eigenvalue weighted by Gasteiger charge is 2.22. The first kappa shape index (κ1) is 26.0. The summed E-state index contributed by atoms with van der Waals surface area (Å²) < 4.78 is 14.0. The van der Waals surface area contributed by atoms with Crippen molar-refractivity contribution in [3.8, 4) is 5.75 Å². The second kappa shape index (κ2) is 11.8. The largest absolute Gasteiger partial charge is 0.480 e. The average Bonchev–Trinajstić information content (AvgIpc) is 2.84. The average molecular weight is 670 g/mol. The highest BCUT2D eigenvalue weighted by molar-refractivity contribution is 9.11. The Bertz CT molecular complexity index is 1310. The van der Waals surface area contributed by atoms with Gasteiger partial charge in [-0.25, -0.2) is 9.78 Å². The molecule has 3 aromatic rings. The highest BCUT2D eigenvalue weighted by Crippen LogP contribution is 2.35.